The van der Waals surface area contributed by atoms with Crippen molar-refractivity contribution in [1.29, 1.82) is 0 Å². The third kappa shape index (κ3) is 30.0. The molecule has 0 aliphatic rings. The molecule has 0 spiro atoms. The Morgan fingerprint density at radius 1 is 0.590 bits per heavy atom. The van der Waals surface area contributed by atoms with Gasteiger partial charge in [-0.25, -0.2) is 0 Å². The number of ether oxygens (including phenoxy) is 1. The van der Waals surface area contributed by atoms with E-state index in [2.05, 4.69) is 74.6 Å². The van der Waals surface area contributed by atoms with Gasteiger partial charge < -0.3 is 9.84 Å². The predicted molar refractivity (Wildman–Crippen MR) is 167 cm³/mol. The Balaban J connectivity index is 4.04. The van der Waals surface area contributed by atoms with Gasteiger partial charge in [0.05, 0.1) is 0 Å². The second-order valence-corrected chi connectivity index (χ2v) is 10.3. The lowest BCUT2D eigenvalue weighted by atomic mass is 10.0. The average molecular weight is 543 g/mol. The van der Waals surface area contributed by atoms with Crippen LogP contribution in [0.3, 0.4) is 0 Å². The quantitative estimate of drug-likeness (QED) is 0.0637. The van der Waals surface area contributed by atoms with Gasteiger partial charge >= 0.3 is 11.9 Å². The minimum Gasteiger partial charge on any atom is -0.481 e. The number of esters is 1. The molecule has 39 heavy (non-hydrogen) atoms. The Bertz CT molecular complexity index is 714. The van der Waals surface area contributed by atoms with Crippen molar-refractivity contribution in [2.45, 2.75) is 148 Å². The molecular formula is C35H58O4. The second-order valence-electron chi connectivity index (χ2n) is 10.3. The number of rotatable bonds is 27. The van der Waals surface area contributed by atoms with E-state index in [1.54, 1.807) is 0 Å². The van der Waals surface area contributed by atoms with Gasteiger partial charge in [-0.1, -0.05) is 113 Å². The van der Waals surface area contributed by atoms with Crippen LogP contribution in [0.25, 0.3) is 0 Å². The summed E-state index contributed by atoms with van der Waals surface area (Å²) in [7, 11) is 0. The number of allylic oxidation sites excluding steroid dienone is 10. The molecule has 4 nitrogen and oxygen atoms in total. The zero-order valence-corrected chi connectivity index (χ0v) is 25.2. The first-order valence-electron chi connectivity index (χ1n) is 15.8. The number of aliphatic carboxylic acids is 1. The highest BCUT2D eigenvalue weighted by Gasteiger charge is 2.14. The van der Waals surface area contributed by atoms with Crippen LogP contribution >= 0.6 is 0 Å². The molecule has 0 radical (unpaired) electrons. The minimum atomic E-state index is -0.759. The Hall–Kier alpha value is -2.36. The van der Waals surface area contributed by atoms with Crippen molar-refractivity contribution in [2.75, 3.05) is 0 Å². The molecule has 0 rings (SSSR count). The van der Waals surface area contributed by atoms with E-state index in [4.69, 9.17) is 9.84 Å². The molecule has 0 aromatic rings. The zero-order chi connectivity index (χ0) is 28.7. The number of unbranched alkanes of at least 4 members (excludes halogenated alkanes) is 8. The summed E-state index contributed by atoms with van der Waals surface area (Å²) in [5, 5.41) is 8.86. The monoisotopic (exact) mass is 542 g/mol. The van der Waals surface area contributed by atoms with Gasteiger partial charge in [-0.15, -0.1) is 0 Å². The third-order valence-corrected chi connectivity index (χ3v) is 6.50. The van der Waals surface area contributed by atoms with Gasteiger partial charge in [0.25, 0.3) is 0 Å². The molecule has 0 saturated heterocycles. The van der Waals surface area contributed by atoms with Crippen molar-refractivity contribution < 1.29 is 19.4 Å². The molecule has 0 amide bonds. The predicted octanol–water partition coefficient (Wildman–Crippen LogP) is 10.6. The van der Waals surface area contributed by atoms with Crippen LogP contribution in [0.2, 0.25) is 0 Å². The number of hydrogen-bond donors (Lipinski definition) is 1. The lowest BCUT2D eigenvalue weighted by Gasteiger charge is -2.18. The topological polar surface area (TPSA) is 63.6 Å². The fourth-order valence-electron chi connectivity index (χ4n) is 4.22. The first kappa shape index (κ1) is 36.6. The molecule has 0 saturated carbocycles. The Morgan fingerprint density at radius 3 is 1.62 bits per heavy atom. The first-order valence-corrected chi connectivity index (χ1v) is 15.8. The highest BCUT2D eigenvalue weighted by molar-refractivity contribution is 5.69. The lowest BCUT2D eigenvalue weighted by molar-refractivity contribution is -0.150. The lowest BCUT2D eigenvalue weighted by Crippen LogP contribution is -2.18. The molecule has 1 atom stereocenters. The van der Waals surface area contributed by atoms with Crippen molar-refractivity contribution in [1.82, 2.24) is 0 Å². The van der Waals surface area contributed by atoms with Gasteiger partial charge in [-0.3, -0.25) is 9.59 Å². The smallest absolute Gasteiger partial charge is 0.306 e. The van der Waals surface area contributed by atoms with Crippen LogP contribution in [0.15, 0.2) is 60.8 Å². The highest BCUT2D eigenvalue weighted by atomic mass is 16.5. The van der Waals surface area contributed by atoms with E-state index in [0.29, 0.717) is 12.8 Å². The van der Waals surface area contributed by atoms with Crippen LogP contribution < -0.4 is 0 Å². The summed E-state index contributed by atoms with van der Waals surface area (Å²) < 4.78 is 5.80. The van der Waals surface area contributed by atoms with Crippen molar-refractivity contribution in [3.63, 3.8) is 0 Å². The van der Waals surface area contributed by atoms with Crippen molar-refractivity contribution in [2.24, 2.45) is 0 Å². The van der Waals surface area contributed by atoms with Crippen LogP contribution in [0, 0.1) is 0 Å². The second kappa shape index (κ2) is 30.2. The fraction of sp³-hybridized carbons (Fsp3) is 0.657. The number of carboxylic acids is 1. The number of hydrogen-bond acceptors (Lipinski definition) is 3. The van der Waals surface area contributed by atoms with E-state index < -0.39 is 5.97 Å². The fourth-order valence-corrected chi connectivity index (χ4v) is 4.22. The molecule has 0 aliphatic carbocycles. The summed E-state index contributed by atoms with van der Waals surface area (Å²) >= 11 is 0. The van der Waals surface area contributed by atoms with Gasteiger partial charge in [0, 0.05) is 12.8 Å². The summed E-state index contributed by atoms with van der Waals surface area (Å²) in [6.45, 7) is 4.38. The molecule has 222 valence electrons. The van der Waals surface area contributed by atoms with E-state index >= 15 is 0 Å². The van der Waals surface area contributed by atoms with E-state index in [1.807, 2.05) is 0 Å². The molecular weight excluding hydrogens is 484 g/mol. The molecule has 1 N–H and O–H groups in total. The molecule has 0 aromatic heterocycles. The Labute approximate surface area is 240 Å². The summed E-state index contributed by atoms with van der Waals surface area (Å²) in [6, 6.07) is 0. The van der Waals surface area contributed by atoms with E-state index in [1.165, 1.54) is 38.5 Å². The SMILES string of the molecule is CC/C=C\C/C=C\C/C=C\C/C=C\C/C=C\CCCC(=O)OC(CCCCCCCCC)CCCCC(=O)O. The van der Waals surface area contributed by atoms with E-state index in [0.717, 1.165) is 70.6 Å². The van der Waals surface area contributed by atoms with E-state index in [9.17, 15) is 9.59 Å². The largest absolute Gasteiger partial charge is 0.481 e. The molecule has 4 heteroatoms. The molecule has 0 fully saturated rings. The molecule has 0 heterocycles. The van der Waals surface area contributed by atoms with E-state index in [-0.39, 0.29) is 18.5 Å². The maximum atomic E-state index is 12.4. The number of carbonyl (C=O) groups excluding carboxylic acids is 1. The van der Waals surface area contributed by atoms with Crippen molar-refractivity contribution >= 4 is 11.9 Å². The number of carbonyl (C=O) groups is 2. The standard InChI is InChI=1S/C35H58O4/c1-3-5-7-9-11-12-13-14-15-16-17-18-19-20-22-24-26-32-35(38)39-33(30-27-28-31-34(36)37)29-25-23-21-10-8-6-4-2/h5,7,11-12,14-15,17-18,20,22,33H,3-4,6,8-10,13,16,19,21,23-32H2,1-2H3,(H,36,37)/b7-5-,12-11-,15-14-,18-17-,22-20-. The molecule has 0 bridgehead atoms. The van der Waals surface area contributed by atoms with Gasteiger partial charge in [-0.2, -0.15) is 0 Å². The van der Waals surface area contributed by atoms with Crippen LogP contribution in [0.5, 0.6) is 0 Å². The summed E-state index contributed by atoms with van der Waals surface area (Å²) in [6.07, 6.45) is 40.8. The van der Waals surface area contributed by atoms with Crippen molar-refractivity contribution in [3.05, 3.63) is 60.8 Å². The van der Waals surface area contributed by atoms with Gasteiger partial charge in [-0.05, 0) is 77.0 Å². The Morgan fingerprint density at radius 2 is 1.08 bits per heavy atom. The minimum absolute atomic E-state index is 0.0735. The van der Waals surface area contributed by atoms with Gasteiger partial charge in [0.1, 0.15) is 6.10 Å². The highest BCUT2D eigenvalue weighted by Crippen LogP contribution is 2.17. The van der Waals surface area contributed by atoms with Gasteiger partial charge in [0.15, 0.2) is 0 Å². The summed E-state index contributed by atoms with van der Waals surface area (Å²) in [4.78, 5) is 23.2. The molecule has 1 unspecified atom stereocenters. The van der Waals surface area contributed by atoms with Crippen LogP contribution in [-0.4, -0.2) is 23.1 Å². The maximum Gasteiger partial charge on any atom is 0.306 e. The van der Waals surface area contributed by atoms with Crippen LogP contribution in [0.4, 0.5) is 0 Å². The summed E-state index contributed by atoms with van der Waals surface area (Å²) in [5.41, 5.74) is 0. The van der Waals surface area contributed by atoms with Crippen LogP contribution in [0.1, 0.15) is 142 Å². The number of carboxylic acid groups (broad SMARTS) is 1. The van der Waals surface area contributed by atoms with Crippen molar-refractivity contribution in [3.8, 4) is 0 Å². The normalized spacial score (nSPS) is 13.1. The average Bonchev–Trinajstić information content (AvgIpc) is 2.92. The first-order chi connectivity index (χ1) is 19.1. The zero-order valence-electron chi connectivity index (χ0n) is 25.2. The van der Waals surface area contributed by atoms with Crippen LogP contribution in [-0.2, 0) is 14.3 Å². The van der Waals surface area contributed by atoms with Gasteiger partial charge in [0.2, 0.25) is 0 Å². The Kier molecular flexibility index (Phi) is 28.4. The molecule has 0 aliphatic heterocycles. The molecule has 0 aromatic carbocycles. The maximum absolute atomic E-state index is 12.4. The third-order valence-electron chi connectivity index (χ3n) is 6.50. The summed E-state index contributed by atoms with van der Waals surface area (Å²) in [5.74, 6) is -0.876.